The Bertz CT molecular complexity index is 607. The first-order valence-corrected chi connectivity index (χ1v) is 6.59. The standard InChI is InChI=1S/C15H15FN2O3/c1-15(9-17,11-5-6-11)18-13(19)8-21-14(20)10-3-2-4-12(16)7-10/h2-4,7,11H,5-6,8H2,1H3,(H,18,19)/t15-/m1/s1. The third kappa shape index (κ3) is 3.78. The summed E-state index contributed by atoms with van der Waals surface area (Å²) in [6.07, 6.45) is 1.79. The monoisotopic (exact) mass is 290 g/mol. The van der Waals surface area contributed by atoms with Crippen molar-refractivity contribution in [2.75, 3.05) is 6.61 Å². The zero-order chi connectivity index (χ0) is 15.5. The van der Waals surface area contributed by atoms with Crippen LogP contribution in [0, 0.1) is 23.1 Å². The van der Waals surface area contributed by atoms with E-state index in [1.165, 1.54) is 18.2 Å². The molecule has 1 fully saturated rings. The van der Waals surface area contributed by atoms with Crippen molar-refractivity contribution in [2.24, 2.45) is 5.92 Å². The maximum atomic E-state index is 13.0. The first-order valence-electron chi connectivity index (χ1n) is 6.59. The minimum absolute atomic E-state index is 0.0352. The highest BCUT2D eigenvalue weighted by Crippen LogP contribution is 2.39. The summed E-state index contributed by atoms with van der Waals surface area (Å²) in [7, 11) is 0. The minimum atomic E-state index is -0.928. The lowest BCUT2D eigenvalue weighted by Gasteiger charge is -2.22. The summed E-state index contributed by atoms with van der Waals surface area (Å²) in [5.74, 6) is -1.74. The summed E-state index contributed by atoms with van der Waals surface area (Å²) in [4.78, 5) is 23.4. The number of hydrogen-bond donors (Lipinski definition) is 1. The van der Waals surface area contributed by atoms with E-state index >= 15 is 0 Å². The summed E-state index contributed by atoms with van der Waals surface area (Å²) >= 11 is 0. The van der Waals surface area contributed by atoms with Gasteiger partial charge in [0, 0.05) is 0 Å². The van der Waals surface area contributed by atoms with Crippen LogP contribution in [0.3, 0.4) is 0 Å². The lowest BCUT2D eigenvalue weighted by Crippen LogP contribution is -2.48. The molecule has 1 aromatic carbocycles. The number of halogens is 1. The third-order valence-corrected chi connectivity index (χ3v) is 3.42. The number of nitriles is 1. The molecule has 1 atom stereocenters. The van der Waals surface area contributed by atoms with Crippen LogP contribution in [0.25, 0.3) is 0 Å². The van der Waals surface area contributed by atoms with Crippen LogP contribution in [0.1, 0.15) is 30.1 Å². The van der Waals surface area contributed by atoms with Gasteiger partial charge in [0.2, 0.25) is 0 Å². The fraction of sp³-hybridized carbons (Fsp3) is 0.400. The van der Waals surface area contributed by atoms with Crippen LogP contribution in [0.4, 0.5) is 4.39 Å². The number of amides is 1. The average molecular weight is 290 g/mol. The Morgan fingerprint density at radius 1 is 1.52 bits per heavy atom. The molecule has 2 rings (SSSR count). The fourth-order valence-electron chi connectivity index (χ4n) is 2.04. The number of nitrogens with zero attached hydrogens (tertiary/aromatic N) is 1. The molecule has 1 aromatic rings. The Morgan fingerprint density at radius 2 is 2.24 bits per heavy atom. The molecule has 0 aromatic heterocycles. The second kappa shape index (κ2) is 5.92. The molecule has 0 radical (unpaired) electrons. The molecule has 1 saturated carbocycles. The first-order chi connectivity index (χ1) is 9.94. The summed E-state index contributed by atoms with van der Waals surface area (Å²) in [6, 6.07) is 7.09. The maximum Gasteiger partial charge on any atom is 0.338 e. The van der Waals surface area contributed by atoms with E-state index in [9.17, 15) is 14.0 Å². The molecule has 110 valence electrons. The second-order valence-electron chi connectivity index (χ2n) is 5.22. The zero-order valence-electron chi connectivity index (χ0n) is 11.6. The van der Waals surface area contributed by atoms with Crippen molar-refractivity contribution >= 4 is 11.9 Å². The first kappa shape index (κ1) is 15.0. The molecule has 0 saturated heterocycles. The van der Waals surface area contributed by atoms with Crippen LogP contribution >= 0.6 is 0 Å². The maximum absolute atomic E-state index is 13.0. The lowest BCUT2D eigenvalue weighted by molar-refractivity contribution is -0.125. The quantitative estimate of drug-likeness (QED) is 0.838. The van der Waals surface area contributed by atoms with Gasteiger partial charge in [-0.05, 0) is 43.9 Å². The summed E-state index contributed by atoms with van der Waals surface area (Å²) < 4.78 is 17.8. The largest absolute Gasteiger partial charge is 0.452 e. The van der Waals surface area contributed by atoms with Gasteiger partial charge in [0.05, 0.1) is 11.6 Å². The van der Waals surface area contributed by atoms with Gasteiger partial charge >= 0.3 is 5.97 Å². The fourth-order valence-corrected chi connectivity index (χ4v) is 2.04. The van der Waals surface area contributed by atoms with Crippen molar-refractivity contribution < 1.29 is 18.7 Å². The number of esters is 1. The second-order valence-corrected chi connectivity index (χ2v) is 5.22. The predicted octanol–water partition coefficient (Wildman–Crippen LogP) is 1.79. The Kier molecular flexibility index (Phi) is 4.22. The van der Waals surface area contributed by atoms with Crippen molar-refractivity contribution in [1.29, 1.82) is 5.26 Å². The molecular formula is C15H15FN2O3. The van der Waals surface area contributed by atoms with Crippen molar-refractivity contribution in [3.05, 3.63) is 35.6 Å². The molecule has 1 aliphatic rings. The van der Waals surface area contributed by atoms with E-state index in [1.54, 1.807) is 6.92 Å². The lowest BCUT2D eigenvalue weighted by atomic mass is 9.98. The van der Waals surface area contributed by atoms with Gasteiger partial charge in [0.25, 0.3) is 5.91 Å². The molecule has 6 heteroatoms. The predicted molar refractivity (Wildman–Crippen MR) is 71.6 cm³/mol. The molecule has 0 heterocycles. The van der Waals surface area contributed by atoms with E-state index < -0.39 is 29.8 Å². The normalized spacial score (nSPS) is 16.4. The number of carbonyl (C=O) groups excluding carboxylic acids is 2. The van der Waals surface area contributed by atoms with E-state index in [0.29, 0.717) is 0 Å². The van der Waals surface area contributed by atoms with Crippen molar-refractivity contribution in [3.63, 3.8) is 0 Å². The highest BCUT2D eigenvalue weighted by molar-refractivity contribution is 5.91. The zero-order valence-corrected chi connectivity index (χ0v) is 11.6. The Balaban J connectivity index is 1.87. The van der Waals surface area contributed by atoms with Crippen molar-refractivity contribution in [2.45, 2.75) is 25.3 Å². The van der Waals surface area contributed by atoms with Gasteiger partial charge in [-0.25, -0.2) is 9.18 Å². The van der Waals surface area contributed by atoms with Gasteiger partial charge < -0.3 is 10.1 Å². The van der Waals surface area contributed by atoms with Gasteiger partial charge in [0.15, 0.2) is 6.61 Å². The number of benzene rings is 1. The van der Waals surface area contributed by atoms with E-state index in [0.717, 1.165) is 18.9 Å². The molecule has 0 spiro atoms. The van der Waals surface area contributed by atoms with Gasteiger partial charge in [-0.3, -0.25) is 4.79 Å². The van der Waals surface area contributed by atoms with Crippen molar-refractivity contribution in [1.82, 2.24) is 5.32 Å². The molecule has 0 unspecified atom stereocenters. The molecule has 1 aliphatic carbocycles. The van der Waals surface area contributed by atoms with Crippen LogP contribution in [-0.4, -0.2) is 24.0 Å². The highest BCUT2D eigenvalue weighted by Gasteiger charge is 2.43. The molecule has 1 amide bonds. The topological polar surface area (TPSA) is 79.2 Å². The summed E-state index contributed by atoms with van der Waals surface area (Å²) in [5.41, 5.74) is -0.893. The third-order valence-electron chi connectivity index (χ3n) is 3.42. The van der Waals surface area contributed by atoms with Crippen LogP contribution in [0.5, 0.6) is 0 Å². The number of nitrogens with one attached hydrogen (secondary N) is 1. The van der Waals surface area contributed by atoms with E-state index in [4.69, 9.17) is 10.00 Å². The Morgan fingerprint density at radius 3 is 2.81 bits per heavy atom. The van der Waals surface area contributed by atoms with E-state index in [-0.39, 0.29) is 11.5 Å². The Hall–Kier alpha value is -2.42. The minimum Gasteiger partial charge on any atom is -0.452 e. The average Bonchev–Trinajstić information content (AvgIpc) is 3.29. The van der Waals surface area contributed by atoms with E-state index in [1.807, 2.05) is 0 Å². The van der Waals surface area contributed by atoms with Gasteiger partial charge in [-0.15, -0.1) is 0 Å². The number of carbonyl (C=O) groups is 2. The summed E-state index contributed by atoms with van der Waals surface area (Å²) in [5, 5.41) is 11.7. The van der Waals surface area contributed by atoms with Crippen LogP contribution in [-0.2, 0) is 9.53 Å². The number of rotatable bonds is 5. The number of ether oxygens (including phenoxy) is 1. The van der Waals surface area contributed by atoms with Gasteiger partial charge in [-0.1, -0.05) is 6.07 Å². The summed E-state index contributed by atoms with van der Waals surface area (Å²) in [6.45, 7) is 1.15. The van der Waals surface area contributed by atoms with Crippen LogP contribution in [0.15, 0.2) is 24.3 Å². The number of hydrogen-bond acceptors (Lipinski definition) is 4. The molecule has 0 bridgehead atoms. The molecular weight excluding hydrogens is 275 g/mol. The van der Waals surface area contributed by atoms with Gasteiger partial charge in [-0.2, -0.15) is 5.26 Å². The molecule has 21 heavy (non-hydrogen) atoms. The highest BCUT2D eigenvalue weighted by atomic mass is 19.1. The van der Waals surface area contributed by atoms with Gasteiger partial charge in [0.1, 0.15) is 11.4 Å². The smallest absolute Gasteiger partial charge is 0.338 e. The molecule has 5 nitrogen and oxygen atoms in total. The van der Waals surface area contributed by atoms with E-state index in [2.05, 4.69) is 11.4 Å². The SMILES string of the molecule is C[C@](C#N)(NC(=O)COC(=O)c1cccc(F)c1)C1CC1. The van der Waals surface area contributed by atoms with Crippen molar-refractivity contribution in [3.8, 4) is 6.07 Å². The Labute approximate surface area is 121 Å². The van der Waals surface area contributed by atoms with Crippen LogP contribution < -0.4 is 5.32 Å². The molecule has 0 aliphatic heterocycles. The van der Waals surface area contributed by atoms with Crippen LogP contribution in [0.2, 0.25) is 0 Å². The molecule has 1 N–H and O–H groups in total.